The monoisotopic (exact) mass is 352 g/mol. The molecule has 0 atom stereocenters. The van der Waals surface area contributed by atoms with Crippen LogP contribution in [0.3, 0.4) is 0 Å². The second kappa shape index (κ2) is 6.19. The van der Waals surface area contributed by atoms with Gasteiger partial charge >= 0.3 is 0 Å². The van der Waals surface area contributed by atoms with Gasteiger partial charge < -0.3 is 10.6 Å². The minimum atomic E-state index is -1.50. The summed E-state index contributed by atoms with van der Waals surface area (Å²) < 4.78 is 53.3. The summed E-state index contributed by atoms with van der Waals surface area (Å²) in [6.07, 6.45) is 0.342. The van der Waals surface area contributed by atoms with Gasteiger partial charge in [-0.1, -0.05) is 6.07 Å². The van der Waals surface area contributed by atoms with E-state index in [1.165, 1.54) is 0 Å². The number of halogens is 4. The van der Waals surface area contributed by atoms with Crippen LogP contribution in [-0.4, -0.2) is 11.8 Å². The van der Waals surface area contributed by atoms with Gasteiger partial charge in [-0.25, -0.2) is 17.6 Å². The van der Waals surface area contributed by atoms with Gasteiger partial charge in [0.05, 0.1) is 0 Å². The topological polar surface area (TPSA) is 58.2 Å². The molecule has 1 saturated carbocycles. The summed E-state index contributed by atoms with van der Waals surface area (Å²) in [5, 5.41) is 4.40. The van der Waals surface area contributed by atoms with E-state index >= 15 is 0 Å². The minimum absolute atomic E-state index is 0.0277. The van der Waals surface area contributed by atoms with E-state index in [0.717, 1.165) is 36.4 Å². The third-order valence-corrected chi connectivity index (χ3v) is 4.00. The fourth-order valence-electron chi connectivity index (χ4n) is 2.36. The van der Waals surface area contributed by atoms with Crippen molar-refractivity contribution in [2.75, 3.05) is 10.6 Å². The first-order valence-electron chi connectivity index (χ1n) is 7.35. The molecule has 0 unspecified atom stereocenters. The molecular weight excluding hydrogens is 340 g/mol. The summed E-state index contributed by atoms with van der Waals surface area (Å²) in [7, 11) is 0. The third-order valence-electron chi connectivity index (χ3n) is 4.00. The average molecular weight is 352 g/mol. The predicted molar refractivity (Wildman–Crippen MR) is 81.6 cm³/mol. The number of para-hydroxylation sites is 1. The Morgan fingerprint density at radius 3 is 1.96 bits per heavy atom. The molecule has 0 saturated heterocycles. The molecule has 0 spiro atoms. The van der Waals surface area contributed by atoms with Crippen LogP contribution >= 0.6 is 0 Å². The van der Waals surface area contributed by atoms with Crippen LogP contribution in [0.5, 0.6) is 0 Å². The number of benzene rings is 2. The Hall–Kier alpha value is -2.90. The van der Waals surface area contributed by atoms with Crippen LogP contribution in [-0.2, 0) is 9.59 Å². The highest BCUT2D eigenvalue weighted by atomic mass is 19.2. The molecule has 1 fully saturated rings. The maximum Gasteiger partial charge on any atom is 0.240 e. The summed E-state index contributed by atoms with van der Waals surface area (Å²) in [5.41, 5.74) is -2.17. The fourth-order valence-corrected chi connectivity index (χ4v) is 2.36. The van der Waals surface area contributed by atoms with Crippen molar-refractivity contribution in [3.05, 3.63) is 59.7 Å². The molecule has 4 nitrogen and oxygen atoms in total. The Balaban J connectivity index is 1.76. The van der Waals surface area contributed by atoms with E-state index in [1.807, 2.05) is 0 Å². The SMILES string of the molecule is O=C(Nc1ccc(F)c(F)c1)C1(C(=O)Nc2c(F)cccc2F)CC1. The van der Waals surface area contributed by atoms with Gasteiger partial charge in [-0.3, -0.25) is 9.59 Å². The van der Waals surface area contributed by atoms with E-state index in [2.05, 4.69) is 10.6 Å². The molecule has 3 rings (SSSR count). The van der Waals surface area contributed by atoms with Gasteiger partial charge in [0, 0.05) is 11.8 Å². The number of carbonyl (C=O) groups excluding carboxylic acids is 2. The van der Waals surface area contributed by atoms with Crippen molar-refractivity contribution in [2.24, 2.45) is 5.41 Å². The molecule has 8 heteroatoms. The molecule has 0 heterocycles. The van der Waals surface area contributed by atoms with Crippen molar-refractivity contribution in [1.82, 2.24) is 0 Å². The average Bonchev–Trinajstić information content (AvgIpc) is 3.36. The Kier molecular flexibility index (Phi) is 4.20. The number of nitrogens with one attached hydrogen (secondary N) is 2. The summed E-state index contributed by atoms with van der Waals surface area (Å²) in [6, 6.07) is 5.83. The largest absolute Gasteiger partial charge is 0.325 e. The second-order valence-corrected chi connectivity index (χ2v) is 5.72. The van der Waals surface area contributed by atoms with Crippen molar-refractivity contribution in [3.8, 4) is 0 Å². The standard InChI is InChI=1S/C17H12F4N2O2/c18-10-5-4-9(8-13(10)21)22-15(24)17(6-7-17)16(25)23-14-11(19)2-1-3-12(14)20/h1-5,8H,6-7H2,(H,22,24)(H,23,25). The zero-order chi connectivity index (χ0) is 18.2. The molecule has 0 bridgehead atoms. The summed E-state index contributed by atoms with van der Waals surface area (Å²) in [5.74, 6) is -5.79. The summed E-state index contributed by atoms with van der Waals surface area (Å²) in [4.78, 5) is 24.6. The predicted octanol–water partition coefficient (Wildman–Crippen LogP) is 3.60. The van der Waals surface area contributed by atoms with E-state index in [9.17, 15) is 27.2 Å². The number of carbonyl (C=O) groups is 2. The van der Waals surface area contributed by atoms with Crippen molar-refractivity contribution in [2.45, 2.75) is 12.8 Å². The van der Waals surface area contributed by atoms with Crippen LogP contribution in [0.4, 0.5) is 28.9 Å². The van der Waals surface area contributed by atoms with Crippen LogP contribution in [0.15, 0.2) is 36.4 Å². The lowest BCUT2D eigenvalue weighted by molar-refractivity contribution is -0.131. The normalized spacial score (nSPS) is 14.7. The van der Waals surface area contributed by atoms with Gasteiger partial charge in [-0.15, -0.1) is 0 Å². The molecule has 25 heavy (non-hydrogen) atoms. The lowest BCUT2D eigenvalue weighted by Crippen LogP contribution is -2.36. The highest BCUT2D eigenvalue weighted by molar-refractivity contribution is 6.16. The van der Waals surface area contributed by atoms with Crippen LogP contribution in [0.2, 0.25) is 0 Å². The molecule has 1 aliphatic rings. The van der Waals surface area contributed by atoms with Gasteiger partial charge in [0.25, 0.3) is 0 Å². The lowest BCUT2D eigenvalue weighted by atomic mass is 10.0. The first-order chi connectivity index (χ1) is 11.8. The molecule has 2 N–H and O–H groups in total. The van der Waals surface area contributed by atoms with E-state index in [0.29, 0.717) is 0 Å². The number of hydrogen-bond donors (Lipinski definition) is 2. The fraction of sp³-hybridized carbons (Fsp3) is 0.176. The molecule has 0 aromatic heterocycles. The maximum atomic E-state index is 13.6. The summed E-state index contributed by atoms with van der Waals surface area (Å²) in [6.45, 7) is 0. The Bertz CT molecular complexity index is 845. The third kappa shape index (κ3) is 3.19. The highest BCUT2D eigenvalue weighted by Gasteiger charge is 2.56. The first kappa shape index (κ1) is 16.9. The number of amides is 2. The van der Waals surface area contributed by atoms with Crippen LogP contribution in [0, 0.1) is 28.7 Å². The molecule has 130 valence electrons. The maximum absolute atomic E-state index is 13.6. The summed E-state index contributed by atoms with van der Waals surface area (Å²) >= 11 is 0. The molecule has 2 amide bonds. The molecule has 0 radical (unpaired) electrons. The van der Waals surface area contributed by atoms with Crippen molar-refractivity contribution >= 4 is 23.2 Å². The second-order valence-electron chi connectivity index (χ2n) is 5.72. The number of anilines is 2. The number of rotatable bonds is 4. The van der Waals surface area contributed by atoms with E-state index < -0.39 is 46.2 Å². The van der Waals surface area contributed by atoms with Gasteiger partial charge in [-0.2, -0.15) is 0 Å². The molecule has 2 aromatic rings. The highest BCUT2D eigenvalue weighted by Crippen LogP contribution is 2.47. The smallest absolute Gasteiger partial charge is 0.240 e. The van der Waals surface area contributed by atoms with Crippen LogP contribution in [0.25, 0.3) is 0 Å². The van der Waals surface area contributed by atoms with E-state index in [1.54, 1.807) is 0 Å². The Morgan fingerprint density at radius 1 is 0.800 bits per heavy atom. The van der Waals surface area contributed by atoms with Crippen LogP contribution in [0.1, 0.15) is 12.8 Å². The molecule has 0 aliphatic heterocycles. The zero-order valence-electron chi connectivity index (χ0n) is 12.7. The minimum Gasteiger partial charge on any atom is -0.325 e. The van der Waals surface area contributed by atoms with Gasteiger partial charge in [0.2, 0.25) is 11.8 Å². The van der Waals surface area contributed by atoms with Crippen molar-refractivity contribution in [1.29, 1.82) is 0 Å². The first-order valence-corrected chi connectivity index (χ1v) is 7.35. The van der Waals surface area contributed by atoms with Gasteiger partial charge in [-0.05, 0) is 37.1 Å². The Morgan fingerprint density at radius 2 is 1.40 bits per heavy atom. The molecule has 2 aromatic carbocycles. The Labute approximate surface area is 139 Å². The van der Waals surface area contributed by atoms with E-state index in [-0.39, 0.29) is 18.5 Å². The van der Waals surface area contributed by atoms with E-state index in [4.69, 9.17) is 0 Å². The molecule has 1 aliphatic carbocycles. The zero-order valence-corrected chi connectivity index (χ0v) is 12.7. The van der Waals surface area contributed by atoms with Crippen LogP contribution < -0.4 is 10.6 Å². The quantitative estimate of drug-likeness (QED) is 0.653. The van der Waals surface area contributed by atoms with Gasteiger partial charge in [0.15, 0.2) is 11.6 Å². The van der Waals surface area contributed by atoms with Gasteiger partial charge in [0.1, 0.15) is 22.7 Å². The van der Waals surface area contributed by atoms with Crippen molar-refractivity contribution in [3.63, 3.8) is 0 Å². The number of hydrogen-bond acceptors (Lipinski definition) is 2. The lowest BCUT2D eigenvalue weighted by Gasteiger charge is -2.16. The molecular formula is C17H12F4N2O2. The van der Waals surface area contributed by atoms with Crippen molar-refractivity contribution < 1.29 is 27.2 Å².